The third-order valence-electron chi connectivity index (χ3n) is 3.98. The lowest BCUT2D eigenvalue weighted by Gasteiger charge is -2.45. The van der Waals surface area contributed by atoms with Gasteiger partial charge in [0.05, 0.1) is 33.0 Å². The Hall–Kier alpha value is -2.08. The first-order valence-corrected chi connectivity index (χ1v) is 6.88. The van der Waals surface area contributed by atoms with Crippen molar-refractivity contribution in [1.82, 2.24) is 9.96 Å². The minimum atomic E-state index is -0.485. The molecular formula is C15H18N2O4. The molecule has 6 heteroatoms. The fourth-order valence-corrected chi connectivity index (χ4v) is 2.79. The highest BCUT2D eigenvalue weighted by Crippen LogP contribution is 2.35. The number of nitrogens with zero attached hydrogens (tertiary/aromatic N) is 2. The molecule has 112 valence electrons. The van der Waals surface area contributed by atoms with Crippen molar-refractivity contribution in [3.05, 3.63) is 29.8 Å². The van der Waals surface area contributed by atoms with Crippen molar-refractivity contribution in [3.63, 3.8) is 0 Å². The largest absolute Gasteiger partial charge is 0.497 e. The molecular weight excluding hydrogens is 272 g/mol. The molecule has 2 aliphatic heterocycles. The van der Waals surface area contributed by atoms with E-state index < -0.39 is 5.60 Å². The Bertz CT molecular complexity index is 564. The first kappa shape index (κ1) is 13.9. The van der Waals surface area contributed by atoms with E-state index in [0.29, 0.717) is 25.9 Å². The van der Waals surface area contributed by atoms with Crippen molar-refractivity contribution in [2.45, 2.75) is 18.4 Å². The average molecular weight is 290 g/mol. The van der Waals surface area contributed by atoms with Crippen molar-refractivity contribution in [2.75, 3.05) is 27.2 Å². The normalized spacial score (nSPS) is 19.8. The SMILES string of the molecule is COc1ccc(CC(=O)N2CC3(CC(=O)N(C)O3)C2)cc1. The van der Waals surface area contributed by atoms with Crippen LogP contribution in [0.25, 0.3) is 0 Å². The smallest absolute Gasteiger partial charge is 0.249 e. The second-order valence-electron chi connectivity index (χ2n) is 5.62. The molecule has 2 aliphatic rings. The average Bonchev–Trinajstić information content (AvgIpc) is 2.74. The van der Waals surface area contributed by atoms with Crippen molar-refractivity contribution < 1.29 is 19.2 Å². The van der Waals surface area contributed by atoms with Gasteiger partial charge in [-0.05, 0) is 17.7 Å². The Morgan fingerprint density at radius 1 is 1.33 bits per heavy atom. The minimum absolute atomic E-state index is 0.0303. The summed E-state index contributed by atoms with van der Waals surface area (Å²) in [7, 11) is 3.22. The Balaban J connectivity index is 1.55. The highest BCUT2D eigenvalue weighted by Gasteiger charge is 2.53. The predicted molar refractivity (Wildman–Crippen MR) is 74.5 cm³/mol. The molecule has 0 aromatic heterocycles. The summed E-state index contributed by atoms with van der Waals surface area (Å²) in [4.78, 5) is 31.0. The molecule has 0 aliphatic carbocycles. The molecule has 3 rings (SSSR count). The summed E-state index contributed by atoms with van der Waals surface area (Å²) in [5, 5.41) is 1.27. The quantitative estimate of drug-likeness (QED) is 0.818. The standard InChI is InChI=1S/C15H18N2O4/c1-16-14(19)8-15(21-16)9-17(10-15)13(18)7-11-3-5-12(20-2)6-4-11/h3-6H,7-10H2,1-2H3. The molecule has 0 radical (unpaired) electrons. The molecule has 0 unspecified atom stereocenters. The van der Waals surface area contributed by atoms with Crippen molar-refractivity contribution in [2.24, 2.45) is 0 Å². The molecule has 0 bridgehead atoms. The summed E-state index contributed by atoms with van der Waals surface area (Å²) in [6, 6.07) is 7.45. The van der Waals surface area contributed by atoms with E-state index >= 15 is 0 Å². The van der Waals surface area contributed by atoms with Gasteiger partial charge in [0.1, 0.15) is 11.4 Å². The number of carbonyl (C=O) groups excluding carboxylic acids is 2. The molecule has 2 amide bonds. The number of rotatable bonds is 3. The van der Waals surface area contributed by atoms with E-state index in [1.54, 1.807) is 19.1 Å². The van der Waals surface area contributed by atoms with Crippen LogP contribution >= 0.6 is 0 Å². The van der Waals surface area contributed by atoms with Crippen LogP contribution < -0.4 is 4.74 Å². The molecule has 2 heterocycles. The molecule has 0 saturated carbocycles. The minimum Gasteiger partial charge on any atom is -0.497 e. The molecule has 1 aromatic carbocycles. The molecule has 0 N–H and O–H groups in total. The van der Waals surface area contributed by atoms with Gasteiger partial charge in [-0.1, -0.05) is 12.1 Å². The second kappa shape index (κ2) is 5.04. The summed E-state index contributed by atoms with van der Waals surface area (Å²) in [5.74, 6) is 0.795. The van der Waals surface area contributed by atoms with E-state index in [0.717, 1.165) is 11.3 Å². The lowest BCUT2D eigenvalue weighted by molar-refractivity contribution is -0.225. The summed E-state index contributed by atoms with van der Waals surface area (Å²) >= 11 is 0. The number of amides is 2. The van der Waals surface area contributed by atoms with Gasteiger partial charge >= 0.3 is 0 Å². The third kappa shape index (κ3) is 2.58. The van der Waals surface area contributed by atoms with Crippen molar-refractivity contribution >= 4 is 11.8 Å². The van der Waals surface area contributed by atoms with Gasteiger partial charge in [-0.2, -0.15) is 0 Å². The number of likely N-dealkylation sites (tertiary alicyclic amines) is 1. The van der Waals surface area contributed by atoms with Crippen LogP contribution in [0.1, 0.15) is 12.0 Å². The van der Waals surface area contributed by atoms with E-state index in [2.05, 4.69) is 0 Å². The molecule has 21 heavy (non-hydrogen) atoms. The van der Waals surface area contributed by atoms with Crippen LogP contribution in [0.15, 0.2) is 24.3 Å². The van der Waals surface area contributed by atoms with Crippen LogP contribution in [0, 0.1) is 0 Å². The molecule has 6 nitrogen and oxygen atoms in total. The Morgan fingerprint density at radius 3 is 2.52 bits per heavy atom. The maximum atomic E-state index is 12.2. The highest BCUT2D eigenvalue weighted by atomic mass is 16.7. The molecule has 0 atom stereocenters. The van der Waals surface area contributed by atoms with Gasteiger partial charge in [-0.25, -0.2) is 5.06 Å². The van der Waals surface area contributed by atoms with E-state index in [4.69, 9.17) is 9.57 Å². The molecule has 1 spiro atoms. The lowest BCUT2D eigenvalue weighted by atomic mass is 9.90. The number of hydrogen-bond acceptors (Lipinski definition) is 4. The fraction of sp³-hybridized carbons (Fsp3) is 0.467. The summed E-state index contributed by atoms with van der Waals surface area (Å²) < 4.78 is 5.09. The number of benzene rings is 1. The van der Waals surface area contributed by atoms with E-state index in [9.17, 15) is 9.59 Å². The van der Waals surface area contributed by atoms with Gasteiger partial charge < -0.3 is 9.64 Å². The maximum absolute atomic E-state index is 12.2. The Morgan fingerprint density at radius 2 is 2.00 bits per heavy atom. The topological polar surface area (TPSA) is 59.1 Å². The Labute approximate surface area is 123 Å². The van der Waals surface area contributed by atoms with Crippen LogP contribution in [0.4, 0.5) is 0 Å². The highest BCUT2D eigenvalue weighted by molar-refractivity contribution is 5.82. The van der Waals surface area contributed by atoms with Crippen LogP contribution in [-0.4, -0.2) is 54.6 Å². The van der Waals surface area contributed by atoms with Gasteiger partial charge in [0, 0.05) is 7.05 Å². The summed E-state index contributed by atoms with van der Waals surface area (Å²) in [6.07, 6.45) is 0.708. The summed E-state index contributed by atoms with van der Waals surface area (Å²) in [5.41, 5.74) is 0.462. The van der Waals surface area contributed by atoms with E-state index in [1.807, 2.05) is 24.3 Å². The Kier molecular flexibility index (Phi) is 3.33. The number of hydroxylamine groups is 2. The molecule has 2 saturated heterocycles. The van der Waals surface area contributed by atoms with Gasteiger partial charge in [0.2, 0.25) is 11.8 Å². The second-order valence-corrected chi connectivity index (χ2v) is 5.62. The van der Waals surface area contributed by atoms with Gasteiger partial charge in [0.25, 0.3) is 0 Å². The first-order chi connectivity index (χ1) is 10.0. The fourth-order valence-electron chi connectivity index (χ4n) is 2.79. The lowest BCUT2D eigenvalue weighted by Crippen LogP contribution is -2.63. The number of ether oxygens (including phenoxy) is 1. The van der Waals surface area contributed by atoms with E-state index in [1.165, 1.54) is 5.06 Å². The number of hydrogen-bond donors (Lipinski definition) is 0. The zero-order valence-electron chi connectivity index (χ0n) is 12.2. The summed E-state index contributed by atoms with van der Waals surface area (Å²) in [6.45, 7) is 0.968. The van der Waals surface area contributed by atoms with Crippen LogP contribution in [-0.2, 0) is 20.8 Å². The van der Waals surface area contributed by atoms with Crippen LogP contribution in [0.3, 0.4) is 0 Å². The molecule has 1 aromatic rings. The first-order valence-electron chi connectivity index (χ1n) is 6.88. The van der Waals surface area contributed by atoms with Crippen molar-refractivity contribution in [3.8, 4) is 5.75 Å². The van der Waals surface area contributed by atoms with Gasteiger partial charge in [0.15, 0.2) is 0 Å². The maximum Gasteiger partial charge on any atom is 0.249 e. The molecule has 2 fully saturated rings. The van der Waals surface area contributed by atoms with Crippen molar-refractivity contribution in [1.29, 1.82) is 0 Å². The third-order valence-corrected chi connectivity index (χ3v) is 3.98. The monoisotopic (exact) mass is 290 g/mol. The zero-order chi connectivity index (χ0) is 15.0. The van der Waals surface area contributed by atoms with E-state index in [-0.39, 0.29) is 11.8 Å². The number of carbonyl (C=O) groups is 2. The van der Waals surface area contributed by atoms with Crippen LogP contribution in [0.2, 0.25) is 0 Å². The number of methoxy groups -OCH3 is 1. The zero-order valence-corrected chi connectivity index (χ0v) is 12.2. The van der Waals surface area contributed by atoms with Gasteiger partial charge in [-0.3, -0.25) is 14.4 Å². The van der Waals surface area contributed by atoms with Crippen LogP contribution in [0.5, 0.6) is 5.75 Å². The van der Waals surface area contributed by atoms with Gasteiger partial charge in [-0.15, -0.1) is 0 Å². The predicted octanol–water partition coefficient (Wildman–Crippen LogP) is 0.612.